The number of amides is 1. The van der Waals surface area contributed by atoms with Crippen LogP contribution in [0.3, 0.4) is 0 Å². The minimum absolute atomic E-state index is 0.0103. The predicted molar refractivity (Wildman–Crippen MR) is 100 cm³/mol. The van der Waals surface area contributed by atoms with Gasteiger partial charge in [-0.15, -0.1) is 0 Å². The molecule has 3 aromatic rings. The molecule has 1 aromatic carbocycles. The van der Waals surface area contributed by atoms with Gasteiger partial charge in [0, 0.05) is 38.2 Å². The van der Waals surface area contributed by atoms with Crippen LogP contribution in [0.5, 0.6) is 5.75 Å². The second-order valence-corrected chi connectivity index (χ2v) is 6.32. The van der Waals surface area contributed by atoms with Crippen molar-refractivity contribution in [2.24, 2.45) is 0 Å². The fraction of sp³-hybridized carbons (Fsp3) is 0.368. The van der Waals surface area contributed by atoms with Crippen molar-refractivity contribution < 1.29 is 13.9 Å². The molecule has 0 N–H and O–H groups in total. The van der Waals surface area contributed by atoms with Crippen molar-refractivity contribution in [2.75, 3.05) is 38.2 Å². The van der Waals surface area contributed by atoms with E-state index in [4.69, 9.17) is 9.15 Å². The summed E-state index contributed by atoms with van der Waals surface area (Å²) in [6.07, 6.45) is 2.20. The van der Waals surface area contributed by atoms with Gasteiger partial charge in [0.05, 0.1) is 7.11 Å². The van der Waals surface area contributed by atoms with Crippen LogP contribution in [0.4, 0.5) is 5.82 Å². The van der Waals surface area contributed by atoms with Gasteiger partial charge >= 0.3 is 0 Å². The first-order valence-electron chi connectivity index (χ1n) is 8.98. The fourth-order valence-electron chi connectivity index (χ4n) is 3.23. The first-order valence-corrected chi connectivity index (χ1v) is 8.98. The quantitative estimate of drug-likeness (QED) is 0.698. The Kier molecular flexibility index (Phi) is 4.62. The lowest BCUT2D eigenvalue weighted by molar-refractivity contribution is 0.0746. The molecule has 140 valence electrons. The smallest absolute Gasteiger partial charge is 0.254 e. The topological polar surface area (TPSA) is 84.6 Å². The van der Waals surface area contributed by atoms with Crippen molar-refractivity contribution in [1.82, 2.24) is 19.9 Å². The van der Waals surface area contributed by atoms with Gasteiger partial charge in [-0.05, 0) is 18.2 Å². The van der Waals surface area contributed by atoms with Crippen molar-refractivity contribution in [3.05, 3.63) is 42.0 Å². The maximum atomic E-state index is 12.8. The van der Waals surface area contributed by atoms with Gasteiger partial charge in [0.15, 0.2) is 17.2 Å². The van der Waals surface area contributed by atoms with Gasteiger partial charge in [0.25, 0.3) is 11.6 Å². The molecule has 1 fully saturated rings. The van der Waals surface area contributed by atoms with Crippen LogP contribution in [0.15, 0.2) is 35.0 Å². The second-order valence-electron chi connectivity index (χ2n) is 6.32. The number of nitrogens with zero attached hydrogens (tertiary/aromatic N) is 5. The highest BCUT2D eigenvalue weighted by atomic mass is 16.5. The molecule has 4 rings (SSSR count). The van der Waals surface area contributed by atoms with Crippen molar-refractivity contribution in [3.63, 3.8) is 0 Å². The summed E-state index contributed by atoms with van der Waals surface area (Å²) in [6, 6.07) is 7.24. The Morgan fingerprint density at radius 2 is 2.04 bits per heavy atom. The molecule has 0 atom stereocenters. The summed E-state index contributed by atoms with van der Waals surface area (Å²) in [5.74, 6) is 2.10. The lowest BCUT2D eigenvalue weighted by Gasteiger charge is -2.35. The highest BCUT2D eigenvalue weighted by molar-refractivity contribution is 5.94. The van der Waals surface area contributed by atoms with Crippen LogP contribution >= 0.6 is 0 Å². The van der Waals surface area contributed by atoms with Crippen LogP contribution in [0.2, 0.25) is 0 Å². The third-order valence-electron chi connectivity index (χ3n) is 4.71. The lowest BCUT2D eigenvalue weighted by atomic mass is 10.1. The van der Waals surface area contributed by atoms with E-state index in [1.165, 1.54) is 6.33 Å². The number of rotatable bonds is 4. The number of anilines is 1. The van der Waals surface area contributed by atoms with Gasteiger partial charge in [-0.25, -0.2) is 9.97 Å². The lowest BCUT2D eigenvalue weighted by Crippen LogP contribution is -2.49. The van der Waals surface area contributed by atoms with E-state index in [2.05, 4.69) is 19.9 Å². The monoisotopic (exact) mass is 367 g/mol. The van der Waals surface area contributed by atoms with Gasteiger partial charge in [-0.2, -0.15) is 4.98 Å². The minimum atomic E-state index is 0.0103. The molecule has 0 unspecified atom stereocenters. The highest BCUT2D eigenvalue weighted by Gasteiger charge is 2.25. The normalized spacial score (nSPS) is 14.6. The average Bonchev–Trinajstić information content (AvgIpc) is 3.17. The first-order chi connectivity index (χ1) is 13.2. The molecular weight excluding hydrogens is 346 g/mol. The van der Waals surface area contributed by atoms with Crippen molar-refractivity contribution >= 4 is 23.0 Å². The summed E-state index contributed by atoms with van der Waals surface area (Å²) in [7, 11) is 1.60. The summed E-state index contributed by atoms with van der Waals surface area (Å²) in [6.45, 7) is 4.56. The molecular formula is C19H21N5O3. The number of hydrogen-bond donors (Lipinski definition) is 0. The Morgan fingerprint density at radius 1 is 1.22 bits per heavy atom. The summed E-state index contributed by atoms with van der Waals surface area (Å²) in [4.78, 5) is 29.8. The van der Waals surface area contributed by atoms with E-state index >= 15 is 0 Å². The molecule has 1 aliphatic heterocycles. The number of benzene rings is 1. The Bertz CT molecular complexity index is 963. The SMILES string of the molecule is CCc1nc2c(N3CCN(C(=O)c4cccc(OC)c4)CC3)ncnc2o1. The van der Waals surface area contributed by atoms with E-state index in [1.807, 2.05) is 30.0 Å². The summed E-state index contributed by atoms with van der Waals surface area (Å²) < 4.78 is 10.8. The number of oxazole rings is 1. The van der Waals surface area contributed by atoms with Gasteiger partial charge < -0.3 is 19.0 Å². The van der Waals surface area contributed by atoms with Crippen LogP contribution in [0.1, 0.15) is 23.2 Å². The van der Waals surface area contributed by atoms with E-state index < -0.39 is 0 Å². The third-order valence-corrected chi connectivity index (χ3v) is 4.71. The summed E-state index contributed by atoms with van der Waals surface area (Å²) in [5, 5.41) is 0. The van der Waals surface area contributed by atoms with Crippen LogP contribution in [0, 0.1) is 0 Å². The minimum Gasteiger partial charge on any atom is -0.497 e. The number of ether oxygens (including phenoxy) is 1. The van der Waals surface area contributed by atoms with E-state index in [-0.39, 0.29) is 5.91 Å². The Balaban J connectivity index is 1.49. The maximum absolute atomic E-state index is 12.8. The van der Waals surface area contributed by atoms with Crippen LogP contribution in [-0.2, 0) is 6.42 Å². The predicted octanol–water partition coefficient (Wildman–Crippen LogP) is 2.15. The van der Waals surface area contributed by atoms with Gasteiger partial charge in [-0.1, -0.05) is 13.0 Å². The van der Waals surface area contributed by atoms with Gasteiger partial charge in [0.2, 0.25) is 0 Å². The first kappa shape index (κ1) is 17.3. The largest absolute Gasteiger partial charge is 0.497 e. The average molecular weight is 367 g/mol. The Labute approximate surface area is 156 Å². The molecule has 3 heterocycles. The number of carbonyl (C=O) groups is 1. The van der Waals surface area contributed by atoms with E-state index in [1.54, 1.807) is 13.2 Å². The van der Waals surface area contributed by atoms with Crippen LogP contribution in [-0.4, -0.2) is 59.0 Å². The molecule has 2 aromatic heterocycles. The number of methoxy groups -OCH3 is 1. The molecule has 0 bridgehead atoms. The molecule has 1 aliphatic rings. The number of piperazine rings is 1. The van der Waals surface area contributed by atoms with Crippen molar-refractivity contribution in [2.45, 2.75) is 13.3 Å². The van der Waals surface area contributed by atoms with E-state index in [0.717, 1.165) is 5.82 Å². The van der Waals surface area contributed by atoms with E-state index in [0.29, 0.717) is 61.0 Å². The molecule has 0 saturated carbocycles. The number of aryl methyl sites for hydroxylation is 1. The van der Waals surface area contributed by atoms with E-state index in [9.17, 15) is 4.79 Å². The Morgan fingerprint density at radius 3 is 2.78 bits per heavy atom. The van der Waals surface area contributed by atoms with Crippen LogP contribution in [0.25, 0.3) is 11.2 Å². The molecule has 0 spiro atoms. The molecule has 0 radical (unpaired) electrons. The zero-order valence-corrected chi connectivity index (χ0v) is 15.4. The fourth-order valence-corrected chi connectivity index (χ4v) is 3.23. The van der Waals surface area contributed by atoms with Crippen molar-refractivity contribution in [1.29, 1.82) is 0 Å². The summed E-state index contributed by atoms with van der Waals surface area (Å²) in [5.41, 5.74) is 1.82. The van der Waals surface area contributed by atoms with Gasteiger partial charge in [0.1, 0.15) is 12.1 Å². The molecule has 0 aliphatic carbocycles. The molecule has 1 saturated heterocycles. The van der Waals surface area contributed by atoms with Gasteiger partial charge in [-0.3, -0.25) is 4.79 Å². The third kappa shape index (κ3) is 3.30. The molecule has 1 amide bonds. The second kappa shape index (κ2) is 7.22. The van der Waals surface area contributed by atoms with Crippen LogP contribution < -0.4 is 9.64 Å². The Hall–Kier alpha value is -3.16. The number of aromatic nitrogens is 3. The number of hydrogen-bond acceptors (Lipinski definition) is 7. The standard InChI is InChI=1S/C19H21N5O3/c1-3-15-22-16-17(20-12-21-18(16)27-15)23-7-9-24(10-8-23)19(25)13-5-4-6-14(11-13)26-2/h4-6,11-12H,3,7-10H2,1-2H3. The maximum Gasteiger partial charge on any atom is 0.254 e. The number of fused-ring (bicyclic) bond motifs is 1. The zero-order chi connectivity index (χ0) is 18.8. The summed E-state index contributed by atoms with van der Waals surface area (Å²) >= 11 is 0. The number of carbonyl (C=O) groups excluding carboxylic acids is 1. The molecule has 8 nitrogen and oxygen atoms in total. The molecule has 27 heavy (non-hydrogen) atoms. The zero-order valence-electron chi connectivity index (χ0n) is 15.4. The highest BCUT2D eigenvalue weighted by Crippen LogP contribution is 2.24. The molecule has 8 heteroatoms. The van der Waals surface area contributed by atoms with Crippen molar-refractivity contribution in [3.8, 4) is 5.75 Å².